The van der Waals surface area contributed by atoms with Gasteiger partial charge in [-0.05, 0) is 24.1 Å². The predicted octanol–water partition coefficient (Wildman–Crippen LogP) is 0.598. The maximum atomic E-state index is 12.7. The van der Waals surface area contributed by atoms with Crippen molar-refractivity contribution < 1.29 is 24.2 Å². The summed E-state index contributed by atoms with van der Waals surface area (Å²) in [6.45, 7) is 0.322. The number of rotatable bonds is 4. The van der Waals surface area contributed by atoms with Crippen LogP contribution in [-0.4, -0.2) is 52.3 Å². The molecule has 6 nitrogen and oxygen atoms in total. The van der Waals surface area contributed by atoms with E-state index < -0.39 is 24.1 Å². The van der Waals surface area contributed by atoms with Crippen LogP contribution in [-0.2, 0) is 11.2 Å². The van der Waals surface area contributed by atoms with Gasteiger partial charge in [-0.1, -0.05) is 12.1 Å². The lowest BCUT2D eigenvalue weighted by Crippen LogP contribution is -2.46. The lowest BCUT2D eigenvalue weighted by molar-refractivity contribution is -0.141. The van der Waals surface area contributed by atoms with Crippen LogP contribution in [0.15, 0.2) is 24.3 Å². The zero-order chi connectivity index (χ0) is 15.4. The number of likely N-dealkylation sites (tertiary alicyclic amines) is 1. The van der Waals surface area contributed by atoms with Crippen molar-refractivity contribution >= 4 is 12.0 Å². The van der Waals surface area contributed by atoms with Gasteiger partial charge in [-0.2, -0.15) is 0 Å². The summed E-state index contributed by atoms with van der Waals surface area (Å²) < 4.78 is 12.7. The second-order valence-corrected chi connectivity index (χ2v) is 5.00. The van der Waals surface area contributed by atoms with Gasteiger partial charge < -0.3 is 20.4 Å². The van der Waals surface area contributed by atoms with Crippen LogP contribution in [0.25, 0.3) is 0 Å². The van der Waals surface area contributed by atoms with Gasteiger partial charge in [0.05, 0.1) is 6.10 Å². The Balaban J connectivity index is 1.84. The largest absolute Gasteiger partial charge is 0.480 e. The average Bonchev–Trinajstić information content (AvgIpc) is 2.83. The molecule has 1 unspecified atom stereocenters. The fourth-order valence-electron chi connectivity index (χ4n) is 2.34. The molecule has 1 heterocycles. The number of carboxylic acids is 1. The van der Waals surface area contributed by atoms with E-state index in [1.165, 1.54) is 12.1 Å². The van der Waals surface area contributed by atoms with Crippen molar-refractivity contribution in [3.05, 3.63) is 35.6 Å². The molecule has 1 aromatic carbocycles. The first kappa shape index (κ1) is 15.2. The number of carbonyl (C=O) groups is 2. The number of benzene rings is 1. The van der Waals surface area contributed by atoms with Crippen LogP contribution in [0.1, 0.15) is 12.0 Å². The van der Waals surface area contributed by atoms with E-state index in [1.807, 2.05) is 0 Å². The second kappa shape index (κ2) is 6.53. The van der Waals surface area contributed by atoms with Gasteiger partial charge in [0.1, 0.15) is 11.9 Å². The number of hydrogen-bond donors (Lipinski definition) is 3. The van der Waals surface area contributed by atoms with E-state index in [2.05, 4.69) is 5.32 Å². The van der Waals surface area contributed by atoms with Crippen molar-refractivity contribution in [2.24, 2.45) is 0 Å². The monoisotopic (exact) mass is 296 g/mol. The Morgan fingerprint density at radius 3 is 2.62 bits per heavy atom. The van der Waals surface area contributed by atoms with Crippen molar-refractivity contribution in [1.29, 1.82) is 0 Å². The van der Waals surface area contributed by atoms with Crippen molar-refractivity contribution in [2.45, 2.75) is 25.0 Å². The zero-order valence-electron chi connectivity index (χ0n) is 11.3. The van der Waals surface area contributed by atoms with Gasteiger partial charge in [-0.25, -0.2) is 14.0 Å². The number of aliphatic hydroxyl groups is 1. The molecule has 114 valence electrons. The standard InChI is InChI=1S/C14H17FN2O4/c15-10-3-1-9(2-4-10)5-6-16-14(21)17-8-11(18)7-12(17)13(19)20/h1-4,11-12,18H,5-8H2,(H,16,21)(H,19,20)/t11?,12-/m0/s1. The van der Waals surface area contributed by atoms with Gasteiger partial charge in [0.25, 0.3) is 0 Å². The van der Waals surface area contributed by atoms with E-state index in [-0.39, 0.29) is 18.8 Å². The summed E-state index contributed by atoms with van der Waals surface area (Å²) in [4.78, 5) is 24.1. The number of aliphatic carboxylic acids is 1. The Bertz CT molecular complexity index is 520. The summed E-state index contributed by atoms with van der Waals surface area (Å²) in [5.41, 5.74) is 0.868. The number of amides is 2. The van der Waals surface area contributed by atoms with E-state index in [4.69, 9.17) is 5.11 Å². The summed E-state index contributed by atoms with van der Waals surface area (Å²) in [6.07, 6.45) is -0.255. The second-order valence-electron chi connectivity index (χ2n) is 5.00. The minimum atomic E-state index is -1.12. The highest BCUT2D eigenvalue weighted by molar-refractivity contribution is 5.83. The lowest BCUT2D eigenvalue weighted by atomic mass is 10.1. The van der Waals surface area contributed by atoms with Crippen molar-refractivity contribution in [3.8, 4) is 0 Å². The first-order valence-electron chi connectivity index (χ1n) is 6.67. The fraction of sp³-hybridized carbons (Fsp3) is 0.429. The van der Waals surface area contributed by atoms with Crippen LogP contribution in [0.4, 0.5) is 9.18 Å². The molecular weight excluding hydrogens is 279 g/mol. The zero-order valence-corrected chi connectivity index (χ0v) is 11.3. The third-order valence-electron chi connectivity index (χ3n) is 3.43. The summed E-state index contributed by atoms with van der Waals surface area (Å²) in [5.74, 6) is -1.45. The average molecular weight is 296 g/mol. The third kappa shape index (κ3) is 3.91. The topological polar surface area (TPSA) is 89.9 Å². The van der Waals surface area contributed by atoms with Crippen molar-refractivity contribution in [2.75, 3.05) is 13.1 Å². The Hall–Kier alpha value is -2.15. The number of carboxylic acid groups (broad SMARTS) is 1. The molecule has 2 rings (SSSR count). The van der Waals surface area contributed by atoms with Gasteiger partial charge in [-0.3, -0.25) is 0 Å². The minimum absolute atomic E-state index is 0.0132. The SMILES string of the molecule is O=C(O)[C@@H]1CC(O)CN1C(=O)NCCc1ccc(F)cc1. The molecule has 0 radical (unpaired) electrons. The Labute approximate surface area is 121 Å². The summed E-state index contributed by atoms with van der Waals surface area (Å²) in [7, 11) is 0. The molecule has 1 aromatic rings. The lowest BCUT2D eigenvalue weighted by Gasteiger charge is -2.21. The van der Waals surface area contributed by atoms with Crippen LogP contribution in [0.5, 0.6) is 0 Å². The number of urea groups is 1. The number of carbonyl (C=O) groups excluding carboxylic acids is 1. The van der Waals surface area contributed by atoms with E-state index in [0.29, 0.717) is 13.0 Å². The molecule has 0 bridgehead atoms. The van der Waals surface area contributed by atoms with Crippen molar-refractivity contribution in [3.63, 3.8) is 0 Å². The number of β-amino-alcohol motifs (C(OH)–C–C–N with tert-alkyl or cyclic N) is 1. The third-order valence-corrected chi connectivity index (χ3v) is 3.43. The fourth-order valence-corrected chi connectivity index (χ4v) is 2.34. The molecule has 1 fully saturated rings. The van der Waals surface area contributed by atoms with E-state index >= 15 is 0 Å². The number of hydrogen-bond acceptors (Lipinski definition) is 3. The maximum Gasteiger partial charge on any atom is 0.326 e. The van der Waals surface area contributed by atoms with Gasteiger partial charge >= 0.3 is 12.0 Å². The van der Waals surface area contributed by atoms with Gasteiger partial charge in [0.15, 0.2) is 0 Å². The highest BCUT2D eigenvalue weighted by Gasteiger charge is 2.38. The molecule has 3 N–H and O–H groups in total. The molecule has 1 aliphatic rings. The van der Waals surface area contributed by atoms with Gasteiger partial charge in [0.2, 0.25) is 0 Å². The molecular formula is C14H17FN2O4. The molecule has 0 spiro atoms. The number of nitrogens with one attached hydrogen (secondary N) is 1. The molecule has 1 aliphatic heterocycles. The van der Waals surface area contributed by atoms with E-state index in [1.54, 1.807) is 12.1 Å². The number of halogens is 1. The Morgan fingerprint density at radius 1 is 1.33 bits per heavy atom. The minimum Gasteiger partial charge on any atom is -0.480 e. The van der Waals surface area contributed by atoms with E-state index in [9.17, 15) is 19.1 Å². The molecule has 21 heavy (non-hydrogen) atoms. The molecule has 1 saturated heterocycles. The molecule has 2 amide bonds. The maximum absolute atomic E-state index is 12.7. The summed E-state index contributed by atoms with van der Waals surface area (Å²) in [6, 6.07) is 4.43. The predicted molar refractivity (Wildman–Crippen MR) is 72.3 cm³/mol. The smallest absolute Gasteiger partial charge is 0.326 e. The van der Waals surface area contributed by atoms with Crippen LogP contribution >= 0.6 is 0 Å². The molecule has 2 atom stereocenters. The Morgan fingerprint density at radius 2 is 2.00 bits per heavy atom. The van der Waals surface area contributed by atoms with Crippen LogP contribution < -0.4 is 5.32 Å². The van der Waals surface area contributed by atoms with E-state index in [0.717, 1.165) is 10.5 Å². The number of nitrogens with zero attached hydrogens (tertiary/aromatic N) is 1. The van der Waals surface area contributed by atoms with Crippen LogP contribution in [0.2, 0.25) is 0 Å². The molecule has 7 heteroatoms. The van der Waals surface area contributed by atoms with Gasteiger partial charge in [-0.15, -0.1) is 0 Å². The van der Waals surface area contributed by atoms with Gasteiger partial charge in [0, 0.05) is 19.5 Å². The van der Waals surface area contributed by atoms with Crippen LogP contribution in [0.3, 0.4) is 0 Å². The Kier molecular flexibility index (Phi) is 4.74. The van der Waals surface area contributed by atoms with Crippen LogP contribution in [0, 0.1) is 5.82 Å². The number of aliphatic hydroxyl groups excluding tert-OH is 1. The molecule has 0 aromatic heterocycles. The normalized spacial score (nSPS) is 21.3. The summed E-state index contributed by atoms with van der Waals surface area (Å²) >= 11 is 0. The quantitative estimate of drug-likeness (QED) is 0.759. The highest BCUT2D eigenvalue weighted by Crippen LogP contribution is 2.18. The first-order valence-corrected chi connectivity index (χ1v) is 6.67. The van der Waals surface area contributed by atoms with Crippen molar-refractivity contribution in [1.82, 2.24) is 10.2 Å². The molecule has 0 saturated carbocycles. The summed E-state index contributed by atoms with van der Waals surface area (Å²) in [5, 5.41) is 21.1. The highest BCUT2D eigenvalue weighted by atomic mass is 19.1. The molecule has 0 aliphatic carbocycles. The first-order chi connectivity index (χ1) is 9.97.